The molecule has 0 aromatic carbocycles. The van der Waals surface area contributed by atoms with Crippen LogP contribution >= 0.6 is 0 Å². The highest BCUT2D eigenvalue weighted by atomic mass is 16.5. The number of aryl methyl sites for hydroxylation is 1. The lowest BCUT2D eigenvalue weighted by Gasteiger charge is -2.07. The molecule has 3 rings (SSSR count). The van der Waals surface area contributed by atoms with Gasteiger partial charge >= 0.3 is 5.97 Å². The van der Waals surface area contributed by atoms with E-state index in [1.54, 1.807) is 24.7 Å². The molecule has 0 bridgehead atoms. The zero-order chi connectivity index (χ0) is 13.6. The number of pyridine rings is 1. The molecule has 0 aliphatic heterocycles. The summed E-state index contributed by atoms with van der Waals surface area (Å²) in [6.07, 6.45) is 4.57. The summed E-state index contributed by atoms with van der Waals surface area (Å²) >= 11 is 0. The van der Waals surface area contributed by atoms with Gasteiger partial charge in [0.15, 0.2) is 0 Å². The number of aromatic nitrogens is 1. The smallest absolute Gasteiger partial charge is 0.338 e. The van der Waals surface area contributed by atoms with Crippen molar-refractivity contribution in [3.05, 3.63) is 39.3 Å². The van der Waals surface area contributed by atoms with E-state index in [9.17, 15) is 9.59 Å². The van der Waals surface area contributed by atoms with E-state index < -0.39 is 0 Å². The highest BCUT2D eigenvalue weighted by Gasteiger charge is 2.37. The molecule has 0 amide bonds. The van der Waals surface area contributed by atoms with Crippen molar-refractivity contribution in [3.8, 4) is 0 Å². The number of nitrogens with zero attached hydrogens (tertiary/aromatic N) is 1. The van der Waals surface area contributed by atoms with Crippen LogP contribution in [0, 0.1) is 5.92 Å². The Labute approximate surface area is 111 Å². The molecule has 1 saturated carbocycles. The average Bonchev–Trinajstić information content (AvgIpc) is 3.15. The highest BCUT2D eigenvalue weighted by molar-refractivity contribution is 6.19. The Kier molecular flexibility index (Phi) is 2.81. The van der Waals surface area contributed by atoms with Crippen LogP contribution in [0.1, 0.15) is 30.9 Å². The number of fused-ring (bicyclic) bond motifs is 1. The van der Waals surface area contributed by atoms with Gasteiger partial charge in [0.25, 0.3) is 5.56 Å². The van der Waals surface area contributed by atoms with E-state index in [0.29, 0.717) is 24.5 Å². The van der Waals surface area contributed by atoms with Crippen molar-refractivity contribution in [2.24, 2.45) is 13.0 Å². The molecule has 0 atom stereocenters. The second kappa shape index (κ2) is 4.37. The summed E-state index contributed by atoms with van der Waals surface area (Å²) in [6, 6.07) is 1.86. The average molecular weight is 259 g/mol. The molecule has 0 radical (unpaired) electrons. The van der Waals surface area contributed by atoms with Crippen molar-refractivity contribution in [2.75, 3.05) is 6.61 Å². The molecule has 100 valence electrons. The molecule has 1 fully saturated rings. The summed E-state index contributed by atoms with van der Waals surface area (Å²) in [5.74, 6) is 0.188. The summed E-state index contributed by atoms with van der Waals surface area (Å²) < 4.78 is 6.72. The van der Waals surface area contributed by atoms with Gasteiger partial charge in [0.1, 0.15) is 0 Å². The Hall–Kier alpha value is -1.84. The summed E-state index contributed by atoms with van der Waals surface area (Å²) in [5, 5.41) is 0. The number of allylic oxidation sites excluding steroid dienone is 1. The third-order valence-electron chi connectivity index (χ3n) is 3.88. The largest absolute Gasteiger partial charge is 0.462 e. The molecule has 2 aliphatic rings. The van der Waals surface area contributed by atoms with E-state index in [1.165, 1.54) is 0 Å². The lowest BCUT2D eigenvalue weighted by molar-refractivity contribution is -0.136. The minimum absolute atomic E-state index is 0.00468. The summed E-state index contributed by atoms with van der Waals surface area (Å²) in [7, 11) is 1.74. The van der Waals surface area contributed by atoms with Gasteiger partial charge in [0.05, 0.1) is 12.2 Å². The third-order valence-corrected chi connectivity index (χ3v) is 3.88. The summed E-state index contributed by atoms with van der Waals surface area (Å²) in [5.41, 5.74) is 3.28. The van der Waals surface area contributed by atoms with Gasteiger partial charge in [-0.1, -0.05) is 0 Å². The van der Waals surface area contributed by atoms with Gasteiger partial charge in [0.2, 0.25) is 0 Å². The van der Waals surface area contributed by atoms with Crippen molar-refractivity contribution in [3.63, 3.8) is 0 Å². The number of ether oxygens (including phenoxy) is 1. The first kappa shape index (κ1) is 12.2. The predicted molar refractivity (Wildman–Crippen MR) is 71.7 cm³/mol. The quantitative estimate of drug-likeness (QED) is 0.776. The number of esters is 1. The van der Waals surface area contributed by atoms with Gasteiger partial charge in [-0.15, -0.1) is 0 Å². The molecule has 1 heterocycles. The van der Waals surface area contributed by atoms with Crippen LogP contribution in [0.5, 0.6) is 0 Å². The van der Waals surface area contributed by atoms with Crippen molar-refractivity contribution in [1.29, 1.82) is 0 Å². The van der Waals surface area contributed by atoms with E-state index in [4.69, 9.17) is 4.74 Å². The summed E-state index contributed by atoms with van der Waals surface area (Å²) in [6.45, 7) is 2.16. The van der Waals surface area contributed by atoms with E-state index in [1.807, 2.05) is 6.07 Å². The number of rotatable bonds is 3. The number of carbonyl (C=O) groups is 1. The fourth-order valence-electron chi connectivity index (χ4n) is 2.76. The monoisotopic (exact) mass is 259 g/mol. The Bertz CT molecular complexity index is 635. The fourth-order valence-corrected chi connectivity index (χ4v) is 2.76. The predicted octanol–water partition coefficient (Wildman–Crippen LogP) is 1.67. The van der Waals surface area contributed by atoms with Crippen LogP contribution < -0.4 is 5.56 Å². The van der Waals surface area contributed by atoms with E-state index in [-0.39, 0.29) is 11.5 Å². The Morgan fingerprint density at radius 3 is 2.84 bits per heavy atom. The van der Waals surface area contributed by atoms with E-state index in [2.05, 4.69) is 0 Å². The van der Waals surface area contributed by atoms with Crippen LogP contribution in [0.2, 0.25) is 0 Å². The third kappa shape index (κ3) is 1.91. The molecule has 2 aliphatic carbocycles. The molecular formula is C15H17NO3. The molecule has 4 nitrogen and oxygen atoms in total. The van der Waals surface area contributed by atoms with Crippen molar-refractivity contribution < 1.29 is 9.53 Å². The zero-order valence-electron chi connectivity index (χ0n) is 11.2. The molecule has 0 saturated heterocycles. The van der Waals surface area contributed by atoms with Crippen LogP contribution in [0.25, 0.3) is 5.57 Å². The van der Waals surface area contributed by atoms with Gasteiger partial charge in [-0.2, -0.15) is 0 Å². The lowest BCUT2D eigenvalue weighted by atomic mass is 10.0. The normalized spacial score (nSPS) is 17.6. The molecule has 1 aromatic heterocycles. The van der Waals surface area contributed by atoms with Crippen LogP contribution in [0.3, 0.4) is 0 Å². The zero-order valence-corrected chi connectivity index (χ0v) is 11.2. The molecular weight excluding hydrogens is 242 g/mol. The van der Waals surface area contributed by atoms with Gasteiger partial charge in [0, 0.05) is 25.2 Å². The molecule has 19 heavy (non-hydrogen) atoms. The van der Waals surface area contributed by atoms with Gasteiger partial charge < -0.3 is 9.30 Å². The van der Waals surface area contributed by atoms with Crippen molar-refractivity contribution >= 4 is 11.5 Å². The van der Waals surface area contributed by atoms with Gasteiger partial charge in [-0.25, -0.2) is 4.79 Å². The minimum Gasteiger partial charge on any atom is -0.462 e. The molecule has 0 spiro atoms. The van der Waals surface area contributed by atoms with Crippen LogP contribution in [0.4, 0.5) is 0 Å². The van der Waals surface area contributed by atoms with Gasteiger partial charge in [-0.3, -0.25) is 4.79 Å². The maximum atomic E-state index is 12.2. The second-order valence-corrected chi connectivity index (χ2v) is 5.20. The number of hydrogen-bond donors (Lipinski definition) is 0. The Morgan fingerprint density at radius 1 is 1.47 bits per heavy atom. The number of hydrogen-bond acceptors (Lipinski definition) is 3. The Morgan fingerprint density at radius 2 is 2.21 bits per heavy atom. The lowest BCUT2D eigenvalue weighted by Crippen LogP contribution is -2.20. The highest BCUT2D eigenvalue weighted by Crippen LogP contribution is 2.45. The van der Waals surface area contributed by atoms with Crippen molar-refractivity contribution in [1.82, 2.24) is 4.57 Å². The molecule has 0 N–H and O–H groups in total. The molecule has 1 aromatic rings. The topological polar surface area (TPSA) is 48.3 Å². The Balaban J connectivity index is 2.12. The number of carbonyl (C=O) groups excluding carboxylic acids is 1. The molecule has 0 unspecified atom stereocenters. The first-order valence-corrected chi connectivity index (χ1v) is 6.72. The summed E-state index contributed by atoms with van der Waals surface area (Å²) in [4.78, 5) is 24.3. The van der Waals surface area contributed by atoms with Crippen LogP contribution in [0.15, 0.2) is 22.6 Å². The van der Waals surface area contributed by atoms with Crippen LogP contribution in [-0.2, 0) is 23.0 Å². The standard InChI is InChI=1S/C15H17NO3/c1-3-19-15(18)13-10-6-7-16(2)14(17)12(10)8-11(13)9-4-5-9/h6-7,9H,3-5,8H2,1-2H3. The maximum absolute atomic E-state index is 12.2. The minimum atomic E-state index is -0.281. The van der Waals surface area contributed by atoms with Crippen molar-refractivity contribution in [2.45, 2.75) is 26.2 Å². The SMILES string of the molecule is CCOC(=O)C1=C(C2CC2)Cc2c1ccn(C)c2=O. The second-order valence-electron chi connectivity index (χ2n) is 5.20. The first-order valence-electron chi connectivity index (χ1n) is 6.72. The fraction of sp³-hybridized carbons (Fsp3) is 0.467. The molecule has 4 heteroatoms. The van der Waals surface area contributed by atoms with Crippen LogP contribution in [-0.4, -0.2) is 17.1 Å². The first-order chi connectivity index (χ1) is 9.13. The maximum Gasteiger partial charge on any atom is 0.338 e. The van der Waals surface area contributed by atoms with E-state index >= 15 is 0 Å². The van der Waals surface area contributed by atoms with E-state index in [0.717, 1.165) is 29.5 Å². The van der Waals surface area contributed by atoms with Gasteiger partial charge in [-0.05, 0) is 42.9 Å².